The molecule has 0 fully saturated rings. The van der Waals surface area contributed by atoms with Crippen molar-refractivity contribution in [3.63, 3.8) is 0 Å². The first-order valence-corrected chi connectivity index (χ1v) is 8.84. The summed E-state index contributed by atoms with van der Waals surface area (Å²) >= 11 is 0. The zero-order valence-corrected chi connectivity index (χ0v) is 16.1. The first-order valence-electron chi connectivity index (χ1n) is 8.84. The molecule has 0 aliphatic heterocycles. The summed E-state index contributed by atoms with van der Waals surface area (Å²) in [7, 11) is 3.10. The van der Waals surface area contributed by atoms with Crippen LogP contribution in [-0.2, 0) is 17.5 Å². The average Bonchev–Trinajstić information content (AvgIpc) is 2.61. The number of carbonyl (C=O) groups is 1. The minimum absolute atomic E-state index is 0.0754. The second kappa shape index (κ2) is 10.9. The minimum Gasteiger partial charge on any atom is -0.356 e. The fourth-order valence-electron chi connectivity index (χ4n) is 2.17. The topological polar surface area (TPSA) is 56.7 Å². The number of hydrogen-bond donors (Lipinski definition) is 2. The quantitative estimate of drug-likeness (QED) is 0.289. The Hall–Kier alpha value is -2.46. The number of nitrogens with zero attached hydrogens (tertiary/aromatic N) is 2. The zero-order valence-electron chi connectivity index (χ0n) is 16.1. The third-order valence-corrected chi connectivity index (χ3v) is 3.76. The van der Waals surface area contributed by atoms with Crippen molar-refractivity contribution in [2.24, 2.45) is 4.99 Å². The number of rotatable bonds is 8. The van der Waals surface area contributed by atoms with E-state index < -0.39 is 24.3 Å². The van der Waals surface area contributed by atoms with Gasteiger partial charge >= 0.3 is 12.4 Å². The molecule has 0 saturated carbocycles. The van der Waals surface area contributed by atoms with Gasteiger partial charge in [-0.3, -0.25) is 4.79 Å². The van der Waals surface area contributed by atoms with Crippen molar-refractivity contribution in [3.05, 3.63) is 35.4 Å². The molecule has 1 rings (SSSR count). The van der Waals surface area contributed by atoms with Crippen LogP contribution in [0.2, 0.25) is 0 Å². The number of halogens is 6. The summed E-state index contributed by atoms with van der Waals surface area (Å²) in [5.41, 5.74) is -0.500. The number of carbonyl (C=O) groups excluding carboxylic acids is 1. The van der Waals surface area contributed by atoms with Crippen molar-refractivity contribution in [3.8, 4) is 0 Å². The van der Waals surface area contributed by atoms with Gasteiger partial charge in [0.2, 0.25) is 5.91 Å². The lowest BCUT2D eigenvalue weighted by Crippen LogP contribution is -2.43. The van der Waals surface area contributed by atoms with E-state index in [1.807, 2.05) is 0 Å². The summed E-state index contributed by atoms with van der Waals surface area (Å²) in [4.78, 5) is 17.2. The Kier molecular flexibility index (Phi) is 9.25. The number of aliphatic imine (C=N–C) groups is 1. The Balaban J connectivity index is 2.72. The lowest BCUT2D eigenvalue weighted by molar-refractivity contribution is -0.138. The van der Waals surface area contributed by atoms with Crippen molar-refractivity contribution in [2.75, 3.05) is 27.2 Å². The summed E-state index contributed by atoms with van der Waals surface area (Å²) in [6.45, 7) is -0.0530. The van der Waals surface area contributed by atoms with E-state index in [1.165, 1.54) is 17.0 Å². The molecule has 0 aliphatic carbocycles. The van der Waals surface area contributed by atoms with Crippen LogP contribution in [0.5, 0.6) is 0 Å². The van der Waals surface area contributed by atoms with Gasteiger partial charge in [-0.25, -0.2) is 4.99 Å². The van der Waals surface area contributed by atoms with E-state index in [-0.39, 0.29) is 44.3 Å². The second-order valence-corrected chi connectivity index (χ2v) is 6.50. The third-order valence-electron chi connectivity index (χ3n) is 3.76. The predicted octanol–water partition coefficient (Wildman–Crippen LogP) is 3.56. The lowest BCUT2D eigenvalue weighted by atomic mass is 10.1. The van der Waals surface area contributed by atoms with Gasteiger partial charge in [0.25, 0.3) is 0 Å². The Bertz CT molecular complexity index is 686. The van der Waals surface area contributed by atoms with Gasteiger partial charge in [-0.05, 0) is 30.5 Å². The maximum atomic E-state index is 12.8. The SMILES string of the molecule is CN(C)C(=O)CNC(=NCc1cccc(C(F)(F)F)c1)NCCCCC(F)(F)F. The van der Waals surface area contributed by atoms with E-state index in [4.69, 9.17) is 0 Å². The maximum absolute atomic E-state index is 12.8. The molecular formula is C18H24F6N4O. The van der Waals surface area contributed by atoms with Crippen molar-refractivity contribution >= 4 is 11.9 Å². The van der Waals surface area contributed by atoms with Crippen molar-refractivity contribution in [2.45, 2.75) is 38.2 Å². The normalized spacial score (nSPS) is 12.6. The fraction of sp³-hybridized carbons (Fsp3) is 0.556. The number of nitrogens with one attached hydrogen (secondary N) is 2. The van der Waals surface area contributed by atoms with Gasteiger partial charge in [-0.1, -0.05) is 12.1 Å². The van der Waals surface area contributed by atoms with E-state index in [1.54, 1.807) is 14.1 Å². The van der Waals surface area contributed by atoms with Gasteiger partial charge in [0.15, 0.2) is 5.96 Å². The van der Waals surface area contributed by atoms with Crippen LogP contribution >= 0.6 is 0 Å². The van der Waals surface area contributed by atoms with Gasteiger partial charge in [-0.15, -0.1) is 0 Å². The van der Waals surface area contributed by atoms with Crippen LogP contribution in [0, 0.1) is 0 Å². The fourth-order valence-corrected chi connectivity index (χ4v) is 2.17. The predicted molar refractivity (Wildman–Crippen MR) is 97.2 cm³/mol. The van der Waals surface area contributed by atoms with Crippen molar-refractivity contribution in [1.29, 1.82) is 0 Å². The molecule has 5 nitrogen and oxygen atoms in total. The molecule has 1 aromatic carbocycles. The largest absolute Gasteiger partial charge is 0.416 e. The molecule has 1 amide bonds. The number of hydrogen-bond acceptors (Lipinski definition) is 2. The number of guanidine groups is 1. The molecule has 0 saturated heterocycles. The third kappa shape index (κ3) is 10.6. The van der Waals surface area contributed by atoms with Crippen LogP contribution in [0.1, 0.15) is 30.4 Å². The van der Waals surface area contributed by atoms with E-state index >= 15 is 0 Å². The Labute approximate surface area is 165 Å². The van der Waals surface area contributed by atoms with E-state index in [2.05, 4.69) is 15.6 Å². The van der Waals surface area contributed by atoms with Crippen molar-refractivity contribution < 1.29 is 31.1 Å². The Morgan fingerprint density at radius 3 is 2.34 bits per heavy atom. The summed E-state index contributed by atoms with van der Waals surface area (Å²) in [6.07, 6.45) is -9.47. The molecule has 0 unspecified atom stereocenters. The molecule has 29 heavy (non-hydrogen) atoms. The highest BCUT2D eigenvalue weighted by molar-refractivity contribution is 5.86. The van der Waals surface area contributed by atoms with Crippen LogP contribution in [0.15, 0.2) is 29.3 Å². The molecule has 11 heteroatoms. The Morgan fingerprint density at radius 1 is 1.07 bits per heavy atom. The number of unbranched alkanes of at least 4 members (excludes halogenated alkanes) is 1. The first-order chi connectivity index (χ1) is 13.4. The van der Waals surface area contributed by atoms with Gasteiger partial charge < -0.3 is 15.5 Å². The van der Waals surface area contributed by atoms with Crippen molar-refractivity contribution in [1.82, 2.24) is 15.5 Å². The van der Waals surface area contributed by atoms with Crippen LogP contribution in [-0.4, -0.2) is 50.1 Å². The second-order valence-electron chi connectivity index (χ2n) is 6.50. The monoisotopic (exact) mass is 426 g/mol. The average molecular weight is 426 g/mol. The van der Waals surface area contributed by atoms with E-state index in [0.717, 1.165) is 12.1 Å². The molecule has 0 aromatic heterocycles. The molecule has 164 valence electrons. The van der Waals surface area contributed by atoms with Crippen LogP contribution in [0.4, 0.5) is 26.3 Å². The van der Waals surface area contributed by atoms with Crippen LogP contribution < -0.4 is 10.6 Å². The van der Waals surface area contributed by atoms with Gasteiger partial charge in [0.05, 0.1) is 18.7 Å². The number of alkyl halides is 6. The highest BCUT2D eigenvalue weighted by Crippen LogP contribution is 2.29. The van der Waals surface area contributed by atoms with Gasteiger partial charge in [0, 0.05) is 27.1 Å². The standard InChI is InChI=1S/C18H24F6N4O/c1-28(2)15(29)12-27-16(25-9-4-3-8-17(19,20)21)26-11-13-6-5-7-14(10-13)18(22,23)24/h5-7,10H,3-4,8-9,11-12H2,1-2H3,(H2,25,26,27). The van der Waals surface area contributed by atoms with Gasteiger partial charge in [-0.2, -0.15) is 26.3 Å². The molecule has 0 bridgehead atoms. The highest BCUT2D eigenvalue weighted by Gasteiger charge is 2.30. The smallest absolute Gasteiger partial charge is 0.356 e. The summed E-state index contributed by atoms with van der Waals surface area (Å²) in [6, 6.07) is 4.65. The molecule has 0 heterocycles. The summed E-state index contributed by atoms with van der Waals surface area (Å²) in [5.74, 6) is -0.139. The number of amides is 1. The zero-order chi connectivity index (χ0) is 22.1. The molecule has 2 N–H and O–H groups in total. The minimum atomic E-state index is -4.48. The maximum Gasteiger partial charge on any atom is 0.416 e. The summed E-state index contributed by atoms with van der Waals surface area (Å²) < 4.78 is 74.9. The molecular weight excluding hydrogens is 402 g/mol. The summed E-state index contributed by atoms with van der Waals surface area (Å²) in [5, 5.41) is 5.52. The number of benzene rings is 1. The highest BCUT2D eigenvalue weighted by atomic mass is 19.4. The molecule has 0 atom stereocenters. The van der Waals surface area contributed by atoms with E-state index in [0.29, 0.717) is 5.56 Å². The molecule has 0 radical (unpaired) electrons. The first kappa shape index (κ1) is 24.6. The van der Waals surface area contributed by atoms with E-state index in [9.17, 15) is 31.1 Å². The molecule has 0 spiro atoms. The lowest BCUT2D eigenvalue weighted by Gasteiger charge is -2.15. The van der Waals surface area contributed by atoms with Crippen LogP contribution in [0.3, 0.4) is 0 Å². The Morgan fingerprint density at radius 2 is 1.76 bits per heavy atom. The van der Waals surface area contributed by atoms with Crippen LogP contribution in [0.25, 0.3) is 0 Å². The molecule has 1 aromatic rings. The van der Waals surface area contributed by atoms with Gasteiger partial charge in [0.1, 0.15) is 0 Å². The number of likely N-dealkylation sites (N-methyl/N-ethyl adjacent to an activating group) is 1. The molecule has 0 aliphatic rings.